The lowest BCUT2D eigenvalue weighted by Crippen LogP contribution is -2.04. The average Bonchev–Trinajstić information content (AvgIpc) is 2.91. The molecular formula is C14H10ClNO. The molecule has 1 N–H and O–H groups in total. The zero-order valence-electron chi connectivity index (χ0n) is 9.03. The molecule has 17 heavy (non-hydrogen) atoms. The molecule has 1 aromatic carbocycles. The van der Waals surface area contributed by atoms with Gasteiger partial charge in [0.25, 0.3) is 5.91 Å². The van der Waals surface area contributed by atoms with Crippen molar-refractivity contribution in [2.45, 2.75) is 6.42 Å². The highest BCUT2D eigenvalue weighted by Gasteiger charge is 2.25. The highest BCUT2D eigenvalue weighted by molar-refractivity contribution is 6.39. The van der Waals surface area contributed by atoms with Gasteiger partial charge < -0.3 is 5.32 Å². The zero-order chi connectivity index (χ0) is 11.8. The number of nitrogens with one attached hydrogen (secondary N) is 1. The van der Waals surface area contributed by atoms with Crippen molar-refractivity contribution in [1.29, 1.82) is 0 Å². The Morgan fingerprint density at radius 2 is 2.24 bits per heavy atom. The number of halogens is 1. The Kier molecular flexibility index (Phi) is 2.37. The zero-order valence-corrected chi connectivity index (χ0v) is 9.79. The van der Waals surface area contributed by atoms with Crippen LogP contribution in [0.1, 0.15) is 12.0 Å². The second-order valence-corrected chi connectivity index (χ2v) is 4.46. The molecule has 2 aliphatic rings. The smallest absolute Gasteiger partial charge is 0.256 e. The van der Waals surface area contributed by atoms with Crippen molar-refractivity contribution in [3.05, 3.63) is 58.7 Å². The first kappa shape index (κ1) is 10.4. The Hall–Kier alpha value is -1.80. The summed E-state index contributed by atoms with van der Waals surface area (Å²) in [5, 5.41) is 3.38. The molecule has 0 atom stereocenters. The summed E-state index contributed by atoms with van der Waals surface area (Å²) in [6.07, 6.45) is 8.89. The van der Waals surface area contributed by atoms with E-state index in [0.29, 0.717) is 10.6 Å². The summed E-state index contributed by atoms with van der Waals surface area (Å²) in [5.41, 5.74) is 3.44. The van der Waals surface area contributed by atoms with Crippen LogP contribution in [0.5, 0.6) is 0 Å². The van der Waals surface area contributed by atoms with Crippen LogP contribution in [-0.2, 0) is 4.79 Å². The van der Waals surface area contributed by atoms with Crippen LogP contribution in [-0.4, -0.2) is 5.91 Å². The molecule has 0 saturated carbocycles. The highest BCUT2D eigenvalue weighted by atomic mass is 35.5. The Morgan fingerprint density at radius 1 is 1.35 bits per heavy atom. The minimum atomic E-state index is -0.0825. The van der Waals surface area contributed by atoms with E-state index in [9.17, 15) is 4.79 Å². The van der Waals surface area contributed by atoms with Gasteiger partial charge in [0.15, 0.2) is 0 Å². The minimum absolute atomic E-state index is 0.0825. The summed E-state index contributed by atoms with van der Waals surface area (Å²) >= 11 is 6.05. The van der Waals surface area contributed by atoms with Crippen molar-refractivity contribution in [3.63, 3.8) is 0 Å². The molecule has 0 aromatic heterocycles. The van der Waals surface area contributed by atoms with E-state index in [1.165, 1.54) is 0 Å². The van der Waals surface area contributed by atoms with E-state index in [0.717, 1.165) is 23.2 Å². The van der Waals surface area contributed by atoms with Crippen molar-refractivity contribution in [2.24, 2.45) is 0 Å². The molecule has 0 bridgehead atoms. The quantitative estimate of drug-likeness (QED) is 0.751. The van der Waals surface area contributed by atoms with Gasteiger partial charge in [-0.05, 0) is 24.1 Å². The van der Waals surface area contributed by atoms with Gasteiger partial charge in [0.05, 0.1) is 10.7 Å². The number of para-hydroxylation sites is 1. The van der Waals surface area contributed by atoms with E-state index in [1.54, 1.807) is 6.07 Å². The maximum atomic E-state index is 11.9. The highest BCUT2D eigenvalue weighted by Crippen LogP contribution is 2.37. The number of carbonyl (C=O) groups excluding carboxylic acids is 1. The molecule has 1 aromatic rings. The van der Waals surface area contributed by atoms with Gasteiger partial charge in [0.2, 0.25) is 0 Å². The van der Waals surface area contributed by atoms with E-state index in [2.05, 4.69) is 11.4 Å². The molecule has 3 rings (SSSR count). The summed E-state index contributed by atoms with van der Waals surface area (Å²) < 4.78 is 0. The molecule has 0 spiro atoms. The van der Waals surface area contributed by atoms with E-state index >= 15 is 0 Å². The fraction of sp³-hybridized carbons (Fsp3) is 0.0714. The molecular weight excluding hydrogens is 234 g/mol. The van der Waals surface area contributed by atoms with Gasteiger partial charge in [-0.3, -0.25) is 4.79 Å². The van der Waals surface area contributed by atoms with Gasteiger partial charge in [-0.2, -0.15) is 0 Å². The summed E-state index contributed by atoms with van der Waals surface area (Å²) in [5.74, 6) is -0.0825. The van der Waals surface area contributed by atoms with Crippen LogP contribution in [0.2, 0.25) is 5.02 Å². The van der Waals surface area contributed by atoms with Crippen molar-refractivity contribution in [1.82, 2.24) is 0 Å². The summed E-state index contributed by atoms with van der Waals surface area (Å²) in [4.78, 5) is 11.9. The lowest BCUT2D eigenvalue weighted by molar-refractivity contribution is -0.110. The molecule has 3 heteroatoms. The second-order valence-electron chi connectivity index (χ2n) is 4.05. The number of allylic oxidation sites excluding steroid dienone is 5. The molecule has 1 aliphatic heterocycles. The molecule has 0 radical (unpaired) electrons. The Morgan fingerprint density at radius 3 is 3.00 bits per heavy atom. The number of amides is 1. The van der Waals surface area contributed by atoms with Crippen LogP contribution in [0.3, 0.4) is 0 Å². The molecule has 2 nitrogen and oxygen atoms in total. The third-order valence-electron chi connectivity index (χ3n) is 2.92. The normalized spacial score (nSPS) is 19.5. The fourth-order valence-electron chi connectivity index (χ4n) is 2.08. The monoisotopic (exact) mass is 243 g/mol. The van der Waals surface area contributed by atoms with E-state index in [-0.39, 0.29) is 5.91 Å². The molecule has 0 fully saturated rings. The number of hydrogen-bond acceptors (Lipinski definition) is 1. The lowest BCUT2D eigenvalue weighted by Gasteiger charge is -2.00. The summed E-state index contributed by atoms with van der Waals surface area (Å²) in [7, 11) is 0. The largest absolute Gasteiger partial charge is 0.320 e. The Labute approximate surface area is 104 Å². The van der Waals surface area contributed by atoms with Crippen molar-refractivity contribution >= 4 is 28.8 Å². The number of fused-ring (bicyclic) bond motifs is 1. The van der Waals surface area contributed by atoms with Crippen LogP contribution in [0.15, 0.2) is 48.1 Å². The first-order valence-corrected chi connectivity index (χ1v) is 5.81. The number of benzene rings is 1. The molecule has 1 amide bonds. The van der Waals surface area contributed by atoms with Crippen molar-refractivity contribution in [3.8, 4) is 0 Å². The third kappa shape index (κ3) is 1.71. The van der Waals surface area contributed by atoms with Crippen molar-refractivity contribution in [2.75, 3.05) is 5.32 Å². The van der Waals surface area contributed by atoms with Crippen molar-refractivity contribution < 1.29 is 4.79 Å². The van der Waals surface area contributed by atoms with Gasteiger partial charge in [-0.15, -0.1) is 0 Å². The van der Waals surface area contributed by atoms with E-state index in [4.69, 9.17) is 11.6 Å². The van der Waals surface area contributed by atoms with Crippen LogP contribution >= 0.6 is 11.6 Å². The minimum Gasteiger partial charge on any atom is -0.320 e. The van der Waals surface area contributed by atoms with E-state index in [1.807, 2.05) is 30.4 Å². The topological polar surface area (TPSA) is 29.1 Å². The van der Waals surface area contributed by atoms with Gasteiger partial charge >= 0.3 is 0 Å². The third-order valence-corrected chi connectivity index (χ3v) is 3.23. The molecule has 1 heterocycles. The first-order valence-electron chi connectivity index (χ1n) is 5.43. The predicted octanol–water partition coefficient (Wildman–Crippen LogP) is 3.56. The van der Waals surface area contributed by atoms with Gasteiger partial charge in [0, 0.05) is 11.1 Å². The fourth-order valence-corrected chi connectivity index (χ4v) is 2.30. The molecule has 0 saturated heterocycles. The molecule has 84 valence electrons. The van der Waals surface area contributed by atoms with Crippen LogP contribution < -0.4 is 5.32 Å². The average molecular weight is 244 g/mol. The number of anilines is 1. The lowest BCUT2D eigenvalue weighted by atomic mass is 10.0. The van der Waals surface area contributed by atoms with Crippen LogP contribution in [0.25, 0.3) is 5.57 Å². The first-order chi connectivity index (χ1) is 8.25. The second kappa shape index (κ2) is 3.90. The SMILES string of the molecule is O=C1Nc2c(Cl)cccc2/C1=C/C1=CC=CC1. The number of carbonyl (C=O) groups is 1. The maximum absolute atomic E-state index is 11.9. The van der Waals surface area contributed by atoms with E-state index < -0.39 is 0 Å². The predicted molar refractivity (Wildman–Crippen MR) is 69.9 cm³/mol. The Bertz CT molecular complexity index is 596. The van der Waals surface area contributed by atoms with Crippen LogP contribution in [0.4, 0.5) is 5.69 Å². The van der Waals surface area contributed by atoms with Gasteiger partial charge in [-0.25, -0.2) is 0 Å². The Balaban J connectivity index is 2.08. The maximum Gasteiger partial charge on any atom is 0.256 e. The van der Waals surface area contributed by atoms with Gasteiger partial charge in [-0.1, -0.05) is 42.0 Å². The number of rotatable bonds is 1. The van der Waals surface area contributed by atoms with Crippen LogP contribution in [0, 0.1) is 0 Å². The molecule has 1 aliphatic carbocycles. The van der Waals surface area contributed by atoms with Gasteiger partial charge in [0.1, 0.15) is 0 Å². The number of hydrogen-bond donors (Lipinski definition) is 1. The standard InChI is InChI=1S/C14H10ClNO/c15-12-7-3-6-10-11(14(17)16-13(10)12)8-9-4-1-2-5-9/h1-4,6-8H,5H2,(H,16,17)/b11-8-. The summed E-state index contributed by atoms with van der Waals surface area (Å²) in [6, 6.07) is 5.55. The molecule has 0 unspecified atom stereocenters. The summed E-state index contributed by atoms with van der Waals surface area (Å²) in [6.45, 7) is 0.